The summed E-state index contributed by atoms with van der Waals surface area (Å²) in [7, 11) is 0. The Balaban J connectivity index is 1.49. The van der Waals surface area contributed by atoms with Gasteiger partial charge in [-0.05, 0) is 47.9 Å². The second kappa shape index (κ2) is 7.93. The Kier molecular flexibility index (Phi) is 4.95. The molecule has 0 bridgehead atoms. The van der Waals surface area contributed by atoms with Gasteiger partial charge in [-0.1, -0.05) is 48.5 Å². The second-order valence-corrected chi connectivity index (χ2v) is 10.0. The van der Waals surface area contributed by atoms with Crippen molar-refractivity contribution in [2.75, 3.05) is 13.1 Å². The topological polar surface area (TPSA) is 103 Å². The summed E-state index contributed by atoms with van der Waals surface area (Å²) in [6, 6.07) is 22.5. The largest absolute Gasteiger partial charge is 0.508 e. The molecule has 178 valence electrons. The maximum Gasteiger partial charge on any atom is 0.279 e. The molecule has 2 atom stereocenters. The Morgan fingerprint density at radius 1 is 1.03 bits per heavy atom. The van der Waals surface area contributed by atoms with Gasteiger partial charge in [0.15, 0.2) is 0 Å². The van der Waals surface area contributed by atoms with Crippen molar-refractivity contribution >= 4 is 16.6 Å². The number of phenols is 1. The van der Waals surface area contributed by atoms with Crippen LogP contribution in [-0.4, -0.2) is 43.7 Å². The molecular weight excluding hydrogens is 442 g/mol. The fourth-order valence-corrected chi connectivity index (χ4v) is 6.40. The summed E-state index contributed by atoms with van der Waals surface area (Å²) in [4.78, 5) is 17.2. The number of fused-ring (bicyclic) bond motifs is 4. The van der Waals surface area contributed by atoms with Gasteiger partial charge in [-0.2, -0.15) is 0 Å². The van der Waals surface area contributed by atoms with Crippen LogP contribution < -0.4 is 0 Å². The molecule has 6 rings (SSSR count). The molecule has 7 heteroatoms. The van der Waals surface area contributed by atoms with Crippen molar-refractivity contribution in [3.63, 3.8) is 0 Å². The highest BCUT2D eigenvalue weighted by Gasteiger charge is 2.58. The number of phenolic OH excluding ortho intramolecular Hbond substituents is 1. The SMILES string of the molecule is O=[N+]([O-])c1cccc2[nH]c3c(c12)CC1(O)CN(Cc2ccccc2)CCC1(c1cccc(O)c1)C3. The third kappa shape index (κ3) is 3.42. The first-order chi connectivity index (χ1) is 16.9. The zero-order chi connectivity index (χ0) is 24.2. The van der Waals surface area contributed by atoms with E-state index in [0.717, 1.165) is 35.4 Å². The van der Waals surface area contributed by atoms with Crippen LogP contribution in [0.4, 0.5) is 5.69 Å². The molecule has 1 aliphatic carbocycles. The predicted octanol–water partition coefficient (Wildman–Crippen LogP) is 4.46. The molecule has 1 aromatic heterocycles. The molecule has 7 nitrogen and oxygen atoms in total. The quantitative estimate of drug-likeness (QED) is 0.303. The van der Waals surface area contributed by atoms with E-state index in [1.807, 2.05) is 36.4 Å². The van der Waals surface area contributed by atoms with Crippen molar-refractivity contribution in [2.45, 2.75) is 36.8 Å². The van der Waals surface area contributed by atoms with Crippen molar-refractivity contribution in [2.24, 2.45) is 0 Å². The van der Waals surface area contributed by atoms with E-state index in [-0.39, 0.29) is 16.4 Å². The van der Waals surface area contributed by atoms with Crippen molar-refractivity contribution in [1.29, 1.82) is 0 Å². The van der Waals surface area contributed by atoms with E-state index in [9.17, 15) is 20.3 Å². The average Bonchev–Trinajstić information content (AvgIpc) is 3.19. The molecule has 3 N–H and O–H groups in total. The number of likely N-dealkylation sites (tertiary alicyclic amines) is 1. The minimum atomic E-state index is -1.17. The molecule has 35 heavy (non-hydrogen) atoms. The summed E-state index contributed by atoms with van der Waals surface area (Å²) in [6.07, 6.45) is 1.53. The lowest BCUT2D eigenvalue weighted by Crippen LogP contribution is -2.66. The van der Waals surface area contributed by atoms with E-state index in [2.05, 4.69) is 22.0 Å². The van der Waals surface area contributed by atoms with Gasteiger partial charge in [0.25, 0.3) is 5.69 Å². The first-order valence-electron chi connectivity index (χ1n) is 11.9. The fourth-order valence-electron chi connectivity index (χ4n) is 6.40. The van der Waals surface area contributed by atoms with E-state index in [4.69, 9.17) is 0 Å². The second-order valence-electron chi connectivity index (χ2n) is 10.0. The van der Waals surface area contributed by atoms with Crippen LogP contribution in [0.15, 0.2) is 72.8 Å². The van der Waals surface area contributed by atoms with Gasteiger partial charge in [0.2, 0.25) is 0 Å². The minimum absolute atomic E-state index is 0.0606. The van der Waals surface area contributed by atoms with Gasteiger partial charge in [0.1, 0.15) is 5.75 Å². The predicted molar refractivity (Wildman–Crippen MR) is 133 cm³/mol. The Bertz CT molecular complexity index is 1430. The van der Waals surface area contributed by atoms with Crippen molar-refractivity contribution in [3.8, 4) is 5.75 Å². The number of H-pyrrole nitrogens is 1. The van der Waals surface area contributed by atoms with Crippen LogP contribution >= 0.6 is 0 Å². The Morgan fingerprint density at radius 3 is 2.60 bits per heavy atom. The lowest BCUT2D eigenvalue weighted by Gasteiger charge is -2.56. The summed E-state index contributed by atoms with van der Waals surface area (Å²) in [5.74, 6) is 0.170. The molecule has 3 aromatic carbocycles. The zero-order valence-corrected chi connectivity index (χ0v) is 19.3. The standard InChI is InChI=1S/C28H27N3O4/c32-21-9-4-8-20(14-21)27-12-13-30(17-19-6-2-1-3-7-19)18-28(27,33)15-22-24(16-27)29-23-10-5-11-25(26(22)23)31(34)35/h1-11,14,29,32-33H,12-13,15-18H2. The van der Waals surface area contributed by atoms with Crippen LogP contribution in [-0.2, 0) is 24.8 Å². The molecular formula is C28H27N3O4. The number of aromatic amines is 1. The van der Waals surface area contributed by atoms with Crippen molar-refractivity contribution < 1.29 is 15.1 Å². The summed E-state index contributed by atoms with van der Waals surface area (Å²) >= 11 is 0. The van der Waals surface area contributed by atoms with E-state index in [0.29, 0.717) is 31.2 Å². The maximum atomic E-state index is 12.5. The Hall–Kier alpha value is -3.68. The van der Waals surface area contributed by atoms with Crippen LogP contribution in [0.1, 0.15) is 28.8 Å². The maximum absolute atomic E-state index is 12.5. The number of aliphatic hydroxyl groups is 1. The summed E-state index contributed by atoms with van der Waals surface area (Å²) in [5.41, 5.74) is 2.83. The molecule has 0 spiro atoms. The third-order valence-electron chi connectivity index (χ3n) is 8.02. The highest BCUT2D eigenvalue weighted by atomic mass is 16.6. The number of aromatic nitrogens is 1. The van der Waals surface area contributed by atoms with Crippen LogP contribution in [0.25, 0.3) is 10.9 Å². The van der Waals surface area contributed by atoms with Crippen LogP contribution in [0.5, 0.6) is 5.75 Å². The molecule has 0 radical (unpaired) electrons. The monoisotopic (exact) mass is 469 g/mol. The van der Waals surface area contributed by atoms with Crippen LogP contribution in [0, 0.1) is 10.1 Å². The fraction of sp³-hybridized carbons (Fsp3) is 0.286. The molecule has 2 unspecified atom stereocenters. The first-order valence-corrected chi connectivity index (χ1v) is 11.9. The van der Waals surface area contributed by atoms with E-state index in [1.54, 1.807) is 18.2 Å². The van der Waals surface area contributed by atoms with E-state index >= 15 is 0 Å². The molecule has 1 aliphatic heterocycles. The number of nitrogens with one attached hydrogen (secondary N) is 1. The summed E-state index contributed by atoms with van der Waals surface area (Å²) < 4.78 is 0. The summed E-state index contributed by atoms with van der Waals surface area (Å²) in [6.45, 7) is 1.95. The number of hydrogen-bond donors (Lipinski definition) is 3. The van der Waals surface area contributed by atoms with Crippen LogP contribution in [0.3, 0.4) is 0 Å². The number of nitrogens with zero attached hydrogens (tertiary/aromatic N) is 2. The average molecular weight is 470 g/mol. The van der Waals surface area contributed by atoms with Crippen LogP contribution in [0.2, 0.25) is 0 Å². The number of aromatic hydroxyl groups is 1. The van der Waals surface area contributed by atoms with Gasteiger partial charge in [0, 0.05) is 43.1 Å². The number of rotatable bonds is 4. The first kappa shape index (κ1) is 21.8. The van der Waals surface area contributed by atoms with Crippen molar-refractivity contribution in [3.05, 3.63) is 105 Å². The van der Waals surface area contributed by atoms with Gasteiger partial charge in [0.05, 0.1) is 21.4 Å². The molecule has 0 saturated carbocycles. The number of β-amino-alcohol motifs (C(OH)–C–C–N with tert-alkyl or cyclic N) is 1. The van der Waals surface area contributed by atoms with Crippen molar-refractivity contribution in [1.82, 2.24) is 9.88 Å². The smallest absolute Gasteiger partial charge is 0.279 e. The lowest BCUT2D eigenvalue weighted by molar-refractivity contribution is -0.383. The zero-order valence-electron chi connectivity index (χ0n) is 19.3. The number of nitro groups is 1. The van der Waals surface area contributed by atoms with Gasteiger partial charge in [-0.25, -0.2) is 0 Å². The molecule has 2 aliphatic rings. The van der Waals surface area contributed by atoms with E-state index < -0.39 is 11.0 Å². The summed E-state index contributed by atoms with van der Waals surface area (Å²) in [5, 5.41) is 35.2. The number of hydrogen-bond acceptors (Lipinski definition) is 5. The Morgan fingerprint density at radius 2 is 1.83 bits per heavy atom. The molecule has 1 saturated heterocycles. The van der Waals surface area contributed by atoms with Gasteiger partial charge < -0.3 is 15.2 Å². The normalized spacial score (nSPS) is 24.1. The minimum Gasteiger partial charge on any atom is -0.508 e. The van der Waals surface area contributed by atoms with Gasteiger partial charge >= 0.3 is 0 Å². The highest BCUT2D eigenvalue weighted by molar-refractivity contribution is 5.93. The number of non-ortho nitro benzene ring substituents is 1. The molecule has 1 fully saturated rings. The Labute approximate surface area is 202 Å². The van der Waals surface area contributed by atoms with E-state index in [1.165, 1.54) is 11.6 Å². The molecule has 0 amide bonds. The molecule has 4 aromatic rings. The van der Waals surface area contributed by atoms with Gasteiger partial charge in [-0.15, -0.1) is 0 Å². The number of piperidine rings is 1. The lowest BCUT2D eigenvalue weighted by atomic mass is 9.56. The number of benzene rings is 3. The highest BCUT2D eigenvalue weighted by Crippen LogP contribution is 2.52. The number of nitro benzene ring substituents is 1. The van der Waals surface area contributed by atoms with Gasteiger partial charge in [-0.3, -0.25) is 15.0 Å². The molecule has 2 heterocycles. The third-order valence-corrected chi connectivity index (χ3v) is 8.02.